The molecule has 1 aromatic carbocycles. The van der Waals surface area contributed by atoms with Gasteiger partial charge in [0.2, 0.25) is 5.95 Å². The number of ether oxygens (including phenoxy) is 1. The number of non-ortho nitro benzene ring substituents is 1. The molecule has 0 aliphatic carbocycles. The van der Waals surface area contributed by atoms with Gasteiger partial charge in [0, 0.05) is 36.5 Å². The molecule has 10 heteroatoms. The second kappa shape index (κ2) is 6.41. The number of hydrogen-bond donors (Lipinski definition) is 2. The Hall–Kier alpha value is -3.95. The van der Waals surface area contributed by atoms with Gasteiger partial charge in [-0.15, -0.1) is 5.10 Å². The number of nitro benzene ring substituents is 1. The van der Waals surface area contributed by atoms with Gasteiger partial charge in [-0.3, -0.25) is 14.8 Å². The molecule has 0 saturated heterocycles. The lowest BCUT2D eigenvalue weighted by Gasteiger charge is -2.05. The summed E-state index contributed by atoms with van der Waals surface area (Å²) >= 11 is 0. The van der Waals surface area contributed by atoms with E-state index in [0.717, 1.165) is 5.56 Å². The monoisotopic (exact) mass is 365 g/mol. The third-order valence-corrected chi connectivity index (χ3v) is 4.06. The lowest BCUT2D eigenvalue weighted by Crippen LogP contribution is -1.98. The Morgan fingerprint density at radius 3 is 2.96 bits per heavy atom. The van der Waals surface area contributed by atoms with Gasteiger partial charge in [0.15, 0.2) is 0 Å². The van der Waals surface area contributed by atoms with Gasteiger partial charge in [0.25, 0.3) is 11.6 Å². The summed E-state index contributed by atoms with van der Waals surface area (Å²) in [6, 6.07) is 6.67. The van der Waals surface area contributed by atoms with Gasteiger partial charge in [-0.05, 0) is 6.07 Å². The zero-order valence-corrected chi connectivity index (χ0v) is 14.5. The van der Waals surface area contributed by atoms with Crippen LogP contribution in [0.25, 0.3) is 22.2 Å². The Morgan fingerprint density at radius 1 is 1.33 bits per heavy atom. The molecular formula is C17H15N7O3. The fourth-order valence-corrected chi connectivity index (χ4v) is 2.90. The number of nitrogens with zero attached hydrogens (tertiary/aromatic N) is 5. The number of fused-ring (bicyclic) bond motifs is 1. The fraction of sp³-hybridized carbons (Fsp3) is 0.118. The predicted octanol–water partition coefficient (Wildman–Crippen LogP) is 3.02. The summed E-state index contributed by atoms with van der Waals surface area (Å²) < 4.78 is 6.83. The Bertz CT molecular complexity index is 1150. The number of rotatable bonds is 5. The average molecular weight is 365 g/mol. The van der Waals surface area contributed by atoms with E-state index in [9.17, 15) is 10.1 Å². The summed E-state index contributed by atoms with van der Waals surface area (Å²) in [7, 11) is 3.31. The van der Waals surface area contributed by atoms with Crippen molar-refractivity contribution in [2.75, 3.05) is 12.4 Å². The molecule has 3 aromatic heterocycles. The normalized spacial score (nSPS) is 10.9. The first-order chi connectivity index (χ1) is 13.1. The summed E-state index contributed by atoms with van der Waals surface area (Å²) in [5.41, 5.74) is 2.48. The van der Waals surface area contributed by atoms with E-state index in [1.807, 2.05) is 6.07 Å². The molecule has 0 fully saturated rings. The van der Waals surface area contributed by atoms with Gasteiger partial charge in [0.1, 0.15) is 11.2 Å². The third kappa shape index (κ3) is 2.92. The molecular weight excluding hydrogens is 350 g/mol. The van der Waals surface area contributed by atoms with E-state index in [1.54, 1.807) is 42.5 Å². The number of benzene rings is 1. The van der Waals surface area contributed by atoms with Gasteiger partial charge >= 0.3 is 0 Å². The molecule has 0 bridgehead atoms. The van der Waals surface area contributed by atoms with Gasteiger partial charge in [-0.25, -0.2) is 9.97 Å². The lowest BCUT2D eigenvalue weighted by molar-refractivity contribution is -0.383. The molecule has 0 unspecified atom stereocenters. The molecule has 10 nitrogen and oxygen atoms in total. The van der Waals surface area contributed by atoms with Gasteiger partial charge in [-0.1, -0.05) is 12.1 Å². The minimum absolute atomic E-state index is 0.0197. The van der Waals surface area contributed by atoms with Crippen molar-refractivity contribution in [1.29, 1.82) is 0 Å². The van der Waals surface area contributed by atoms with Crippen LogP contribution < -0.4 is 10.1 Å². The zero-order chi connectivity index (χ0) is 19.0. The van der Waals surface area contributed by atoms with Crippen LogP contribution in [0.2, 0.25) is 0 Å². The zero-order valence-electron chi connectivity index (χ0n) is 14.5. The number of aromatic nitrogens is 5. The van der Waals surface area contributed by atoms with E-state index in [4.69, 9.17) is 4.74 Å². The third-order valence-electron chi connectivity index (χ3n) is 4.06. The van der Waals surface area contributed by atoms with E-state index in [0.29, 0.717) is 34.1 Å². The lowest BCUT2D eigenvalue weighted by atomic mass is 10.1. The van der Waals surface area contributed by atoms with Crippen LogP contribution in [0, 0.1) is 10.1 Å². The van der Waals surface area contributed by atoms with Crippen LogP contribution in [0.5, 0.6) is 5.88 Å². The smallest absolute Gasteiger partial charge is 0.293 e. The average Bonchev–Trinajstić information content (AvgIpc) is 3.24. The summed E-state index contributed by atoms with van der Waals surface area (Å²) in [5.74, 6) is 0.785. The molecule has 3 heterocycles. The van der Waals surface area contributed by atoms with Gasteiger partial charge in [0.05, 0.1) is 23.9 Å². The number of aryl methyl sites for hydroxylation is 1. The molecule has 0 aliphatic heterocycles. The molecule has 0 spiro atoms. The summed E-state index contributed by atoms with van der Waals surface area (Å²) in [5, 5.41) is 19.2. The second-order valence-electron chi connectivity index (χ2n) is 5.78. The van der Waals surface area contributed by atoms with Crippen LogP contribution in [0.15, 0.2) is 42.9 Å². The van der Waals surface area contributed by atoms with Crippen molar-refractivity contribution in [3.05, 3.63) is 53.0 Å². The van der Waals surface area contributed by atoms with Crippen molar-refractivity contribution < 1.29 is 9.66 Å². The molecule has 0 atom stereocenters. The number of hydrogen-bond acceptors (Lipinski definition) is 7. The predicted molar refractivity (Wildman–Crippen MR) is 99.0 cm³/mol. The van der Waals surface area contributed by atoms with E-state index in [2.05, 4.69) is 25.4 Å². The van der Waals surface area contributed by atoms with Crippen molar-refractivity contribution in [1.82, 2.24) is 24.7 Å². The Balaban J connectivity index is 1.74. The minimum Gasteiger partial charge on any atom is -0.478 e. The molecule has 27 heavy (non-hydrogen) atoms. The number of nitrogens with one attached hydrogen (secondary N) is 2. The Kier molecular flexibility index (Phi) is 3.92. The number of aromatic amines is 1. The van der Waals surface area contributed by atoms with Crippen LogP contribution in [-0.4, -0.2) is 36.8 Å². The van der Waals surface area contributed by atoms with Gasteiger partial charge < -0.3 is 15.0 Å². The Labute approximate surface area is 153 Å². The highest BCUT2D eigenvalue weighted by Gasteiger charge is 2.17. The summed E-state index contributed by atoms with van der Waals surface area (Å²) in [4.78, 5) is 22.5. The number of methoxy groups -OCH3 is 1. The molecule has 0 aliphatic rings. The first-order valence-electron chi connectivity index (χ1n) is 7.99. The topological polar surface area (TPSA) is 124 Å². The quantitative estimate of drug-likeness (QED) is 0.411. The largest absolute Gasteiger partial charge is 0.478 e. The van der Waals surface area contributed by atoms with Crippen molar-refractivity contribution in [2.24, 2.45) is 7.05 Å². The number of anilines is 2. The summed E-state index contributed by atoms with van der Waals surface area (Å²) in [6.07, 6.45) is 5.07. The molecule has 0 amide bonds. The van der Waals surface area contributed by atoms with E-state index < -0.39 is 4.92 Å². The standard InChI is InChI=1S/C17H15N7O3/c1-23-9-13(16(22-23)27-2)21-17-18-7-6-12(20-17)11-8-19-15-10(11)4-3-5-14(15)24(25)26/h3-9,19H,1-2H3,(H,18,20,21). The number of para-hydroxylation sites is 1. The number of nitro groups is 1. The maximum absolute atomic E-state index is 11.2. The maximum atomic E-state index is 11.2. The molecule has 4 rings (SSSR count). The van der Waals surface area contributed by atoms with Crippen molar-refractivity contribution in [3.63, 3.8) is 0 Å². The Morgan fingerprint density at radius 2 is 2.19 bits per heavy atom. The highest BCUT2D eigenvalue weighted by atomic mass is 16.6. The maximum Gasteiger partial charge on any atom is 0.293 e. The van der Waals surface area contributed by atoms with Gasteiger partial charge in [-0.2, -0.15) is 0 Å². The first kappa shape index (κ1) is 16.5. The minimum atomic E-state index is -0.412. The van der Waals surface area contributed by atoms with E-state index >= 15 is 0 Å². The fourth-order valence-electron chi connectivity index (χ4n) is 2.90. The summed E-state index contributed by atoms with van der Waals surface area (Å²) in [6.45, 7) is 0. The SMILES string of the molecule is COc1nn(C)cc1Nc1nccc(-c2c[nH]c3c([N+](=O)[O-])cccc23)n1. The molecule has 2 N–H and O–H groups in total. The van der Waals surface area contributed by atoms with Crippen molar-refractivity contribution in [2.45, 2.75) is 0 Å². The second-order valence-corrected chi connectivity index (χ2v) is 5.78. The van der Waals surface area contributed by atoms with E-state index in [-0.39, 0.29) is 5.69 Å². The molecule has 4 aromatic rings. The molecule has 0 saturated carbocycles. The van der Waals surface area contributed by atoms with Crippen LogP contribution in [-0.2, 0) is 7.05 Å². The van der Waals surface area contributed by atoms with Crippen LogP contribution in [0.3, 0.4) is 0 Å². The van der Waals surface area contributed by atoms with E-state index in [1.165, 1.54) is 13.2 Å². The first-order valence-corrected chi connectivity index (χ1v) is 7.99. The van der Waals surface area contributed by atoms with Crippen molar-refractivity contribution >= 4 is 28.2 Å². The highest BCUT2D eigenvalue weighted by Crippen LogP contribution is 2.33. The highest BCUT2D eigenvalue weighted by molar-refractivity contribution is 5.99. The number of H-pyrrole nitrogens is 1. The van der Waals surface area contributed by atoms with Crippen LogP contribution in [0.4, 0.5) is 17.3 Å². The van der Waals surface area contributed by atoms with Crippen molar-refractivity contribution in [3.8, 4) is 17.1 Å². The van der Waals surface area contributed by atoms with Crippen LogP contribution >= 0.6 is 0 Å². The molecule has 136 valence electrons. The molecule has 0 radical (unpaired) electrons. The van der Waals surface area contributed by atoms with Crippen LogP contribution in [0.1, 0.15) is 0 Å².